The number of carbonyl (C=O) groups is 2. The second-order valence-electron chi connectivity index (χ2n) is 7.58. The summed E-state index contributed by atoms with van der Waals surface area (Å²) in [6, 6.07) is 9.88. The fourth-order valence-corrected chi connectivity index (χ4v) is 5.76. The zero-order valence-corrected chi connectivity index (χ0v) is 19.9. The van der Waals surface area contributed by atoms with Crippen LogP contribution in [-0.2, 0) is 4.74 Å². The number of thiophene rings is 2. The maximum atomic E-state index is 13.2. The van der Waals surface area contributed by atoms with Crippen LogP contribution in [0.2, 0.25) is 0 Å². The molecule has 8 heteroatoms. The molecule has 164 valence electrons. The Morgan fingerprint density at radius 1 is 1.16 bits per heavy atom. The van der Waals surface area contributed by atoms with E-state index in [1.54, 1.807) is 6.92 Å². The Morgan fingerprint density at radius 3 is 2.56 bits per heavy atom. The van der Waals surface area contributed by atoms with Crippen LogP contribution in [-0.4, -0.2) is 18.5 Å². The lowest BCUT2D eigenvalue weighted by molar-refractivity contribution is -0.351. The number of aromatic amines is 1. The third-order valence-corrected chi connectivity index (χ3v) is 7.16. The van der Waals surface area contributed by atoms with Crippen molar-refractivity contribution in [3.63, 3.8) is 0 Å². The van der Waals surface area contributed by atoms with Gasteiger partial charge in [-0.05, 0) is 31.9 Å². The second kappa shape index (κ2) is 8.72. The van der Waals surface area contributed by atoms with Gasteiger partial charge in [-0.1, -0.05) is 41.2 Å². The SMILES string of the molecule is CCOC(=O)c1c(-c2ccc(C)cc2)csc1NC(=O)c1sc2[nH+]c(C)cc(C)c2c1N. The Hall–Kier alpha value is -3.23. The number of aromatic nitrogens is 1. The van der Waals surface area contributed by atoms with Gasteiger partial charge in [-0.15, -0.1) is 11.3 Å². The largest absolute Gasteiger partial charge is 0.462 e. The average molecular weight is 467 g/mol. The molecule has 0 atom stereocenters. The number of esters is 1. The molecule has 0 saturated heterocycles. The number of amides is 1. The number of nitrogens with two attached hydrogens (primary N) is 1. The van der Waals surface area contributed by atoms with E-state index in [1.807, 2.05) is 56.5 Å². The van der Waals surface area contributed by atoms with Gasteiger partial charge < -0.3 is 15.8 Å². The molecule has 0 aliphatic carbocycles. The topological polar surface area (TPSA) is 95.6 Å². The number of fused-ring (bicyclic) bond motifs is 1. The van der Waals surface area contributed by atoms with Crippen LogP contribution in [0.25, 0.3) is 21.3 Å². The Balaban J connectivity index is 1.74. The molecule has 0 bridgehead atoms. The zero-order valence-electron chi connectivity index (χ0n) is 18.3. The maximum Gasteiger partial charge on any atom is 0.341 e. The number of H-pyrrole nitrogens is 1. The standard InChI is InChI=1S/C24H23N3O3S2/c1-5-30-24(29)18-16(15-8-6-12(2)7-9-15)11-31-22(18)27-21(28)20-19(25)17-13(3)10-14(4)26-23(17)32-20/h6-11H,5,25H2,1-4H3,(H,27,28)/p+1. The Labute approximate surface area is 194 Å². The number of aryl methyl sites for hydroxylation is 3. The van der Waals surface area contributed by atoms with Crippen molar-refractivity contribution in [2.75, 3.05) is 17.7 Å². The number of nitrogen functional groups attached to an aromatic ring is 1. The number of pyridine rings is 1. The molecule has 4 N–H and O–H groups in total. The van der Waals surface area contributed by atoms with Gasteiger partial charge >= 0.3 is 5.97 Å². The number of benzene rings is 1. The van der Waals surface area contributed by atoms with Gasteiger partial charge in [0.2, 0.25) is 0 Å². The maximum absolute atomic E-state index is 13.2. The number of nitrogens with one attached hydrogen (secondary N) is 2. The van der Waals surface area contributed by atoms with E-state index in [9.17, 15) is 9.59 Å². The molecule has 4 aromatic rings. The fraction of sp³-hybridized carbons (Fsp3) is 0.208. The third-order valence-electron chi connectivity index (χ3n) is 5.15. The highest BCUT2D eigenvalue weighted by atomic mass is 32.1. The summed E-state index contributed by atoms with van der Waals surface area (Å²) in [4.78, 5) is 30.5. The van der Waals surface area contributed by atoms with Gasteiger partial charge in [-0.2, -0.15) is 4.98 Å². The van der Waals surface area contributed by atoms with Crippen molar-refractivity contribution in [1.29, 1.82) is 0 Å². The lowest BCUT2D eigenvalue weighted by atomic mass is 10.0. The molecular weight excluding hydrogens is 442 g/mol. The van der Waals surface area contributed by atoms with Crippen molar-refractivity contribution in [2.24, 2.45) is 0 Å². The highest BCUT2D eigenvalue weighted by Gasteiger charge is 2.26. The number of rotatable bonds is 5. The van der Waals surface area contributed by atoms with Gasteiger partial charge in [0.05, 0.1) is 17.7 Å². The van der Waals surface area contributed by atoms with Gasteiger partial charge in [0.25, 0.3) is 10.7 Å². The lowest BCUT2D eigenvalue weighted by Crippen LogP contribution is -2.15. The molecule has 0 fully saturated rings. The van der Waals surface area contributed by atoms with Crippen LogP contribution in [0.4, 0.5) is 10.7 Å². The molecule has 6 nitrogen and oxygen atoms in total. The van der Waals surface area contributed by atoms with Crippen LogP contribution in [0.15, 0.2) is 35.7 Å². The Kier molecular flexibility index (Phi) is 5.99. The van der Waals surface area contributed by atoms with Gasteiger partial charge in [0.1, 0.15) is 15.4 Å². The molecule has 3 heterocycles. The minimum absolute atomic E-state index is 0.243. The summed E-state index contributed by atoms with van der Waals surface area (Å²) in [6.45, 7) is 7.94. The smallest absolute Gasteiger partial charge is 0.341 e. The van der Waals surface area contributed by atoms with E-state index < -0.39 is 5.97 Å². The van der Waals surface area contributed by atoms with Crippen LogP contribution in [0.1, 0.15) is 43.8 Å². The van der Waals surface area contributed by atoms with Crippen LogP contribution < -0.4 is 16.0 Å². The molecule has 4 rings (SSSR count). The summed E-state index contributed by atoms with van der Waals surface area (Å²) in [5, 5.41) is 6.05. The first kappa shape index (κ1) is 22.0. The van der Waals surface area contributed by atoms with E-state index >= 15 is 0 Å². The van der Waals surface area contributed by atoms with Crippen molar-refractivity contribution < 1.29 is 19.3 Å². The lowest BCUT2D eigenvalue weighted by Gasteiger charge is -2.09. The Bertz CT molecular complexity index is 1340. The van der Waals surface area contributed by atoms with Crippen molar-refractivity contribution >= 4 is 55.5 Å². The number of ether oxygens (including phenoxy) is 1. The van der Waals surface area contributed by atoms with E-state index in [2.05, 4.69) is 10.3 Å². The molecule has 0 radical (unpaired) electrons. The first-order valence-corrected chi connectivity index (χ1v) is 11.9. The van der Waals surface area contributed by atoms with Crippen molar-refractivity contribution in [3.8, 4) is 11.1 Å². The minimum atomic E-state index is -0.469. The normalized spacial score (nSPS) is 11.0. The van der Waals surface area contributed by atoms with Gasteiger partial charge in [-0.25, -0.2) is 4.79 Å². The summed E-state index contributed by atoms with van der Waals surface area (Å²) >= 11 is 2.60. The number of hydrogen-bond donors (Lipinski definition) is 2. The average Bonchev–Trinajstić information content (AvgIpc) is 3.30. The number of hydrogen-bond acceptors (Lipinski definition) is 6. The van der Waals surface area contributed by atoms with Crippen molar-refractivity contribution in [2.45, 2.75) is 27.7 Å². The first-order chi connectivity index (χ1) is 15.3. The van der Waals surface area contributed by atoms with E-state index in [4.69, 9.17) is 10.5 Å². The molecular formula is C24H24N3O3S2+. The molecule has 0 aliphatic heterocycles. The molecule has 0 unspecified atom stereocenters. The first-order valence-electron chi connectivity index (χ1n) is 10.2. The molecule has 0 saturated carbocycles. The fourth-order valence-electron chi connectivity index (χ4n) is 3.67. The molecule has 1 amide bonds. The number of carbonyl (C=O) groups excluding carboxylic acids is 2. The van der Waals surface area contributed by atoms with Crippen molar-refractivity contribution in [3.05, 3.63) is 63.0 Å². The van der Waals surface area contributed by atoms with Crippen molar-refractivity contribution in [1.82, 2.24) is 0 Å². The van der Waals surface area contributed by atoms with E-state index in [1.165, 1.54) is 22.7 Å². The van der Waals surface area contributed by atoms with Crippen LogP contribution in [0.5, 0.6) is 0 Å². The second-order valence-corrected chi connectivity index (χ2v) is 9.48. The van der Waals surface area contributed by atoms with Gasteiger partial charge in [0, 0.05) is 23.9 Å². The monoisotopic (exact) mass is 466 g/mol. The van der Waals surface area contributed by atoms with Gasteiger partial charge in [0.15, 0.2) is 5.69 Å². The zero-order chi connectivity index (χ0) is 23.0. The summed E-state index contributed by atoms with van der Waals surface area (Å²) in [7, 11) is 0. The molecule has 0 spiro atoms. The van der Waals surface area contributed by atoms with Crippen LogP contribution >= 0.6 is 22.7 Å². The summed E-state index contributed by atoms with van der Waals surface area (Å²) in [5.41, 5.74) is 11.9. The van der Waals surface area contributed by atoms with Crippen LogP contribution in [0.3, 0.4) is 0 Å². The molecule has 0 aliphatic rings. The quantitative estimate of drug-likeness (QED) is 0.386. The van der Waals surface area contributed by atoms with Gasteiger partial charge in [-0.3, -0.25) is 4.79 Å². The highest BCUT2D eigenvalue weighted by Crippen LogP contribution is 2.38. The summed E-state index contributed by atoms with van der Waals surface area (Å²) in [5.74, 6) is -0.819. The minimum Gasteiger partial charge on any atom is -0.462 e. The predicted octanol–water partition coefficient (Wildman–Crippen LogP) is 5.38. The van der Waals surface area contributed by atoms with E-state index in [0.29, 0.717) is 21.1 Å². The summed E-state index contributed by atoms with van der Waals surface area (Å²) < 4.78 is 5.29. The number of anilines is 2. The summed E-state index contributed by atoms with van der Waals surface area (Å²) in [6.07, 6.45) is 0. The third kappa shape index (κ3) is 3.99. The van der Waals surface area contributed by atoms with Crippen LogP contribution in [0, 0.1) is 20.8 Å². The van der Waals surface area contributed by atoms with E-state index in [0.717, 1.165) is 38.2 Å². The molecule has 3 aromatic heterocycles. The highest BCUT2D eigenvalue weighted by molar-refractivity contribution is 7.21. The van der Waals surface area contributed by atoms with E-state index in [-0.39, 0.29) is 12.5 Å². The molecule has 1 aromatic carbocycles. The predicted molar refractivity (Wildman–Crippen MR) is 131 cm³/mol. The Morgan fingerprint density at radius 2 is 1.88 bits per heavy atom. The molecule has 32 heavy (non-hydrogen) atoms.